The average Bonchev–Trinajstić information content (AvgIpc) is 2.79. The lowest BCUT2D eigenvalue weighted by Crippen LogP contribution is -2.42. The van der Waals surface area contributed by atoms with Crippen molar-refractivity contribution in [2.75, 3.05) is 20.7 Å². The largest absolute Gasteiger partial charge is 0.495 e. The summed E-state index contributed by atoms with van der Waals surface area (Å²) < 4.78 is 32.8. The first-order valence-electron chi connectivity index (χ1n) is 7.17. The normalized spacial score (nSPS) is 18.9. The fourth-order valence-electron chi connectivity index (χ4n) is 2.89. The predicted octanol–water partition coefficient (Wildman–Crippen LogP) is 1.98. The number of nitrogens with one attached hydrogen (secondary N) is 1. The minimum absolute atomic E-state index is 0.250. The highest BCUT2D eigenvalue weighted by atomic mass is 32.2. The van der Waals surface area contributed by atoms with Gasteiger partial charge < -0.3 is 10.1 Å². The van der Waals surface area contributed by atoms with Crippen LogP contribution in [0.3, 0.4) is 0 Å². The van der Waals surface area contributed by atoms with E-state index in [9.17, 15) is 8.42 Å². The van der Waals surface area contributed by atoms with E-state index in [1.54, 1.807) is 16.4 Å². The van der Waals surface area contributed by atoms with Crippen LogP contribution < -0.4 is 10.1 Å². The second-order valence-electron chi connectivity index (χ2n) is 6.01. The van der Waals surface area contributed by atoms with Gasteiger partial charge >= 0.3 is 0 Å². The van der Waals surface area contributed by atoms with Gasteiger partial charge in [0.2, 0.25) is 10.0 Å². The smallest absolute Gasteiger partial charge is 0.247 e. The van der Waals surface area contributed by atoms with E-state index < -0.39 is 10.0 Å². The van der Waals surface area contributed by atoms with Crippen LogP contribution in [0.4, 0.5) is 0 Å². The molecule has 1 aliphatic heterocycles. The summed E-state index contributed by atoms with van der Waals surface area (Å²) in [4.78, 5) is 0.250. The maximum Gasteiger partial charge on any atom is 0.247 e. The zero-order valence-corrected chi connectivity index (χ0v) is 14.0. The molecule has 0 radical (unpaired) electrons. The monoisotopic (exact) mass is 312 g/mol. The van der Waals surface area contributed by atoms with Crippen LogP contribution in [0, 0.1) is 0 Å². The van der Waals surface area contributed by atoms with Crippen LogP contribution in [0.5, 0.6) is 5.75 Å². The highest BCUT2D eigenvalue weighted by Gasteiger charge is 2.41. The van der Waals surface area contributed by atoms with Gasteiger partial charge in [-0.1, -0.05) is 6.07 Å². The van der Waals surface area contributed by atoms with Gasteiger partial charge in [0.05, 0.1) is 7.11 Å². The van der Waals surface area contributed by atoms with Crippen LogP contribution in [-0.2, 0) is 16.6 Å². The zero-order chi connectivity index (χ0) is 15.7. The molecule has 0 saturated carbocycles. The van der Waals surface area contributed by atoms with Crippen LogP contribution in [0.25, 0.3) is 0 Å². The lowest BCUT2D eigenvalue weighted by molar-refractivity contribution is 0.290. The van der Waals surface area contributed by atoms with Gasteiger partial charge in [-0.2, -0.15) is 4.31 Å². The molecule has 0 bridgehead atoms. The van der Waals surface area contributed by atoms with Gasteiger partial charge in [-0.3, -0.25) is 0 Å². The molecule has 0 aromatic heterocycles. The van der Waals surface area contributed by atoms with Crippen molar-refractivity contribution in [3.63, 3.8) is 0 Å². The number of sulfonamides is 1. The van der Waals surface area contributed by atoms with E-state index in [4.69, 9.17) is 4.74 Å². The van der Waals surface area contributed by atoms with Crippen LogP contribution >= 0.6 is 0 Å². The molecule has 1 aliphatic rings. The van der Waals surface area contributed by atoms with Gasteiger partial charge in [-0.25, -0.2) is 8.42 Å². The van der Waals surface area contributed by atoms with E-state index in [-0.39, 0.29) is 10.4 Å². The number of hydrogen-bond acceptors (Lipinski definition) is 4. The molecule has 21 heavy (non-hydrogen) atoms. The van der Waals surface area contributed by atoms with Gasteiger partial charge in [0.15, 0.2) is 0 Å². The second-order valence-corrected chi connectivity index (χ2v) is 7.84. The van der Waals surface area contributed by atoms with Crippen molar-refractivity contribution in [1.29, 1.82) is 0 Å². The van der Waals surface area contributed by atoms with Crippen LogP contribution in [0.1, 0.15) is 32.3 Å². The lowest BCUT2D eigenvalue weighted by Gasteiger charge is -2.31. The third-order valence-corrected chi connectivity index (χ3v) is 6.15. The Bertz CT molecular complexity index is 611. The van der Waals surface area contributed by atoms with Crippen molar-refractivity contribution in [3.8, 4) is 5.75 Å². The van der Waals surface area contributed by atoms with Gasteiger partial charge in [0.1, 0.15) is 10.6 Å². The van der Waals surface area contributed by atoms with E-state index in [1.165, 1.54) is 7.11 Å². The number of hydrogen-bond donors (Lipinski definition) is 1. The fraction of sp³-hybridized carbons (Fsp3) is 0.600. The summed E-state index contributed by atoms with van der Waals surface area (Å²) in [6, 6.07) is 5.26. The molecule has 0 atom stereocenters. The molecule has 5 nitrogen and oxygen atoms in total. The average molecular weight is 312 g/mol. The van der Waals surface area contributed by atoms with Gasteiger partial charge in [0.25, 0.3) is 0 Å². The molecule has 1 saturated heterocycles. The van der Waals surface area contributed by atoms with E-state index in [1.807, 2.05) is 27.0 Å². The molecule has 1 heterocycles. The van der Waals surface area contributed by atoms with Crippen molar-refractivity contribution >= 4 is 10.0 Å². The Balaban J connectivity index is 2.45. The van der Waals surface area contributed by atoms with Gasteiger partial charge in [-0.15, -0.1) is 0 Å². The minimum Gasteiger partial charge on any atom is -0.495 e. The van der Waals surface area contributed by atoms with E-state index >= 15 is 0 Å². The maximum atomic E-state index is 12.9. The van der Waals surface area contributed by atoms with Crippen molar-refractivity contribution in [3.05, 3.63) is 23.8 Å². The molecule has 118 valence electrons. The quantitative estimate of drug-likeness (QED) is 0.903. The summed E-state index contributed by atoms with van der Waals surface area (Å²) in [6.07, 6.45) is 1.78. The molecule has 1 N–H and O–H groups in total. The summed E-state index contributed by atoms with van der Waals surface area (Å²) in [5.74, 6) is 0.408. The number of rotatable bonds is 5. The first-order chi connectivity index (χ1) is 9.82. The van der Waals surface area contributed by atoms with Crippen molar-refractivity contribution in [2.24, 2.45) is 0 Å². The van der Waals surface area contributed by atoms with E-state index in [0.29, 0.717) is 18.8 Å². The molecule has 0 spiro atoms. The zero-order valence-electron chi connectivity index (χ0n) is 13.1. The summed E-state index contributed by atoms with van der Waals surface area (Å²) in [6.45, 7) is 5.18. The maximum absolute atomic E-state index is 12.9. The van der Waals surface area contributed by atoms with Gasteiger partial charge in [0, 0.05) is 18.6 Å². The number of ether oxygens (including phenoxy) is 1. The Kier molecular flexibility index (Phi) is 4.60. The molecule has 1 aromatic rings. The van der Waals surface area contributed by atoms with E-state index in [0.717, 1.165) is 18.4 Å². The Morgan fingerprint density at radius 1 is 1.38 bits per heavy atom. The molecule has 0 unspecified atom stereocenters. The number of benzene rings is 1. The Morgan fingerprint density at radius 3 is 2.62 bits per heavy atom. The van der Waals surface area contributed by atoms with Crippen LogP contribution in [-0.4, -0.2) is 39.0 Å². The van der Waals surface area contributed by atoms with Gasteiger partial charge in [-0.05, 0) is 51.4 Å². The Morgan fingerprint density at radius 2 is 2.10 bits per heavy atom. The molecule has 2 rings (SSSR count). The number of nitrogens with zero attached hydrogens (tertiary/aromatic N) is 1. The third kappa shape index (κ3) is 3.07. The molecular weight excluding hydrogens is 288 g/mol. The van der Waals surface area contributed by atoms with Crippen LogP contribution in [0.15, 0.2) is 23.1 Å². The molecular formula is C15H24N2O3S. The molecule has 0 amide bonds. The standard InChI is InChI=1S/C15H24N2O3S/c1-15(2)8-5-9-17(15)21(18,19)14-7-6-12(11-16-3)10-13(14)20-4/h6-7,10,16H,5,8-9,11H2,1-4H3. The summed E-state index contributed by atoms with van der Waals surface area (Å²) in [5, 5.41) is 3.05. The lowest BCUT2D eigenvalue weighted by atomic mass is 10.0. The summed E-state index contributed by atoms with van der Waals surface area (Å²) in [7, 11) is -0.175. The number of methoxy groups -OCH3 is 1. The fourth-order valence-corrected chi connectivity index (χ4v) is 4.87. The van der Waals surface area contributed by atoms with Crippen LogP contribution in [0.2, 0.25) is 0 Å². The Labute approximate surface area is 127 Å². The van der Waals surface area contributed by atoms with Crippen molar-refractivity contribution < 1.29 is 13.2 Å². The first kappa shape index (κ1) is 16.3. The highest BCUT2D eigenvalue weighted by Crippen LogP contribution is 2.37. The molecule has 1 fully saturated rings. The molecule has 0 aliphatic carbocycles. The molecule has 1 aromatic carbocycles. The first-order valence-corrected chi connectivity index (χ1v) is 8.61. The summed E-state index contributed by atoms with van der Waals surface area (Å²) >= 11 is 0. The van der Waals surface area contributed by atoms with E-state index in [2.05, 4.69) is 5.32 Å². The Hall–Kier alpha value is -1.11. The minimum atomic E-state index is -3.53. The third-order valence-electron chi connectivity index (χ3n) is 4.00. The highest BCUT2D eigenvalue weighted by molar-refractivity contribution is 7.89. The molecule has 6 heteroatoms. The second kappa shape index (κ2) is 5.94. The van der Waals surface area contributed by atoms with Crippen molar-refractivity contribution in [2.45, 2.75) is 43.7 Å². The predicted molar refractivity (Wildman–Crippen MR) is 83.0 cm³/mol. The summed E-state index contributed by atoms with van der Waals surface area (Å²) in [5.41, 5.74) is 0.655. The SMILES string of the molecule is CNCc1ccc(S(=O)(=O)N2CCCC2(C)C)c(OC)c1. The topological polar surface area (TPSA) is 58.6 Å². The van der Waals surface area contributed by atoms with Crippen molar-refractivity contribution in [1.82, 2.24) is 9.62 Å².